The highest BCUT2D eigenvalue weighted by Crippen LogP contribution is 2.38. The monoisotopic (exact) mass is 325 g/mol. The second kappa shape index (κ2) is 5.74. The minimum atomic E-state index is -0.494. The van der Waals surface area contributed by atoms with E-state index in [1.54, 1.807) is 0 Å². The molecule has 1 aliphatic heterocycles. The summed E-state index contributed by atoms with van der Waals surface area (Å²) in [5.41, 5.74) is 2.78. The van der Waals surface area contributed by atoms with Gasteiger partial charge in [0.1, 0.15) is 17.7 Å². The Morgan fingerprint density at radius 3 is 2.81 bits per heavy atom. The smallest absolute Gasteiger partial charge is 0.143 e. The summed E-state index contributed by atoms with van der Waals surface area (Å²) in [6, 6.07) is 8.76. The fraction of sp³-hybridized carbons (Fsp3) is 0.250. The quantitative estimate of drug-likeness (QED) is 0.762. The fourth-order valence-electron chi connectivity index (χ4n) is 2.39. The van der Waals surface area contributed by atoms with Crippen LogP contribution in [0.5, 0.6) is 5.75 Å². The molecule has 0 spiro atoms. The van der Waals surface area contributed by atoms with Crippen LogP contribution in [0.3, 0.4) is 0 Å². The van der Waals surface area contributed by atoms with Gasteiger partial charge in [0.15, 0.2) is 0 Å². The topological polar surface area (TPSA) is 21.3 Å². The molecule has 1 atom stereocenters. The van der Waals surface area contributed by atoms with Crippen molar-refractivity contribution in [3.63, 3.8) is 0 Å². The molecular weight excluding hydrogens is 312 g/mol. The zero-order chi connectivity index (χ0) is 15.0. The van der Waals surface area contributed by atoms with Gasteiger partial charge in [-0.05, 0) is 36.2 Å². The minimum absolute atomic E-state index is 0.0144. The average Bonchev–Trinajstić information content (AvgIpc) is 2.50. The van der Waals surface area contributed by atoms with Gasteiger partial charge in [-0.3, -0.25) is 0 Å². The van der Waals surface area contributed by atoms with Crippen molar-refractivity contribution in [2.45, 2.75) is 19.4 Å². The SMILES string of the molecule is CCc1ccc2c(c1)NCC(c1cc(F)c(Cl)cc1Cl)O2. The summed E-state index contributed by atoms with van der Waals surface area (Å²) in [6.07, 6.45) is 0.622. The molecule has 110 valence electrons. The zero-order valence-corrected chi connectivity index (χ0v) is 12.9. The van der Waals surface area contributed by atoms with E-state index < -0.39 is 5.82 Å². The van der Waals surface area contributed by atoms with Crippen molar-refractivity contribution in [2.24, 2.45) is 0 Å². The molecule has 0 amide bonds. The maximum Gasteiger partial charge on any atom is 0.143 e. The van der Waals surface area contributed by atoms with E-state index in [1.165, 1.54) is 17.7 Å². The van der Waals surface area contributed by atoms with Crippen molar-refractivity contribution < 1.29 is 9.13 Å². The van der Waals surface area contributed by atoms with Gasteiger partial charge in [-0.15, -0.1) is 0 Å². The second-order valence-electron chi connectivity index (χ2n) is 4.96. The van der Waals surface area contributed by atoms with Crippen molar-refractivity contribution in [3.8, 4) is 5.75 Å². The molecule has 0 fully saturated rings. The van der Waals surface area contributed by atoms with Crippen LogP contribution >= 0.6 is 23.2 Å². The molecule has 0 saturated heterocycles. The number of hydrogen-bond acceptors (Lipinski definition) is 2. The first-order chi connectivity index (χ1) is 10.1. The Hall–Kier alpha value is -1.45. The summed E-state index contributed by atoms with van der Waals surface area (Å²) in [6.45, 7) is 2.63. The van der Waals surface area contributed by atoms with E-state index in [4.69, 9.17) is 27.9 Å². The highest BCUT2D eigenvalue weighted by molar-refractivity contribution is 6.35. The predicted octanol–water partition coefficient (Wildman–Crippen LogP) is 5.24. The molecular formula is C16H14Cl2FNO. The number of benzene rings is 2. The first-order valence-corrected chi connectivity index (χ1v) is 7.52. The van der Waals surface area contributed by atoms with Crippen molar-refractivity contribution in [1.29, 1.82) is 0 Å². The number of nitrogens with one attached hydrogen (secondary N) is 1. The van der Waals surface area contributed by atoms with Crippen molar-refractivity contribution in [1.82, 2.24) is 0 Å². The van der Waals surface area contributed by atoms with Gasteiger partial charge in [-0.2, -0.15) is 0 Å². The van der Waals surface area contributed by atoms with Gasteiger partial charge in [-0.1, -0.05) is 36.2 Å². The second-order valence-corrected chi connectivity index (χ2v) is 5.77. The summed E-state index contributed by atoms with van der Waals surface area (Å²) >= 11 is 11.9. The molecule has 2 nitrogen and oxygen atoms in total. The minimum Gasteiger partial charge on any atom is -0.482 e. The number of halogens is 3. The zero-order valence-electron chi connectivity index (χ0n) is 11.4. The molecule has 5 heteroatoms. The van der Waals surface area contributed by atoms with Gasteiger partial charge in [-0.25, -0.2) is 4.39 Å². The molecule has 3 rings (SSSR count). The standard InChI is InChI=1S/C16H14Cl2FNO/c1-2-9-3-4-15-14(5-9)20-8-16(21-15)10-6-13(19)12(18)7-11(10)17/h3-7,16,20H,2,8H2,1H3. The van der Waals surface area contributed by atoms with Crippen LogP contribution in [0, 0.1) is 5.82 Å². The fourth-order valence-corrected chi connectivity index (χ4v) is 2.90. The lowest BCUT2D eigenvalue weighted by Gasteiger charge is -2.28. The highest BCUT2D eigenvalue weighted by Gasteiger charge is 2.24. The lowest BCUT2D eigenvalue weighted by Crippen LogP contribution is -2.24. The van der Waals surface area contributed by atoms with Crippen LogP contribution in [0.15, 0.2) is 30.3 Å². The third-order valence-electron chi connectivity index (χ3n) is 3.59. The Morgan fingerprint density at radius 1 is 1.24 bits per heavy atom. The first kappa shape index (κ1) is 14.5. The number of fused-ring (bicyclic) bond motifs is 1. The maximum absolute atomic E-state index is 13.6. The summed E-state index contributed by atoms with van der Waals surface area (Å²) in [5, 5.41) is 3.73. The van der Waals surface area contributed by atoms with E-state index in [1.807, 2.05) is 12.1 Å². The first-order valence-electron chi connectivity index (χ1n) is 6.76. The molecule has 0 aliphatic carbocycles. The molecule has 0 saturated carbocycles. The summed E-state index contributed by atoms with van der Waals surface area (Å²) in [5.74, 6) is 0.252. The molecule has 2 aromatic rings. The van der Waals surface area contributed by atoms with E-state index in [0.29, 0.717) is 17.1 Å². The van der Waals surface area contributed by atoms with Gasteiger partial charge < -0.3 is 10.1 Å². The average molecular weight is 326 g/mol. The lowest BCUT2D eigenvalue weighted by atomic mass is 10.1. The molecule has 1 N–H and O–H groups in total. The lowest BCUT2D eigenvalue weighted by molar-refractivity contribution is 0.210. The molecule has 0 radical (unpaired) electrons. The van der Waals surface area contributed by atoms with E-state index in [0.717, 1.165) is 17.9 Å². The number of aryl methyl sites for hydroxylation is 1. The van der Waals surface area contributed by atoms with E-state index in [-0.39, 0.29) is 11.1 Å². The van der Waals surface area contributed by atoms with E-state index >= 15 is 0 Å². The van der Waals surface area contributed by atoms with Crippen LogP contribution in [0.1, 0.15) is 24.2 Å². The molecule has 1 heterocycles. The molecule has 0 aromatic heterocycles. The number of hydrogen-bond donors (Lipinski definition) is 1. The van der Waals surface area contributed by atoms with Crippen molar-refractivity contribution in [3.05, 3.63) is 57.3 Å². The van der Waals surface area contributed by atoms with Crippen molar-refractivity contribution in [2.75, 3.05) is 11.9 Å². The Kier molecular flexibility index (Phi) is 3.96. The highest BCUT2D eigenvalue weighted by atomic mass is 35.5. The summed E-state index contributed by atoms with van der Waals surface area (Å²) in [7, 11) is 0. The van der Waals surface area contributed by atoms with E-state index in [2.05, 4.69) is 18.3 Å². The van der Waals surface area contributed by atoms with Crippen molar-refractivity contribution >= 4 is 28.9 Å². The third-order valence-corrected chi connectivity index (χ3v) is 4.20. The van der Waals surface area contributed by atoms with E-state index in [9.17, 15) is 4.39 Å². The van der Waals surface area contributed by atoms with Crippen LogP contribution in [0.4, 0.5) is 10.1 Å². The van der Waals surface area contributed by atoms with Gasteiger partial charge in [0, 0.05) is 10.6 Å². The molecule has 21 heavy (non-hydrogen) atoms. The Labute approximate surface area is 132 Å². The maximum atomic E-state index is 13.6. The molecule has 0 bridgehead atoms. The number of ether oxygens (including phenoxy) is 1. The van der Waals surface area contributed by atoms with Gasteiger partial charge in [0.2, 0.25) is 0 Å². The summed E-state index contributed by atoms with van der Waals surface area (Å²) < 4.78 is 19.6. The Balaban J connectivity index is 1.91. The molecule has 1 aliphatic rings. The number of anilines is 1. The molecule has 1 unspecified atom stereocenters. The van der Waals surface area contributed by atoms with Gasteiger partial charge in [0.25, 0.3) is 0 Å². The largest absolute Gasteiger partial charge is 0.482 e. The van der Waals surface area contributed by atoms with Crippen LogP contribution in [0.2, 0.25) is 10.0 Å². The third kappa shape index (κ3) is 2.81. The number of rotatable bonds is 2. The predicted molar refractivity (Wildman–Crippen MR) is 84.1 cm³/mol. The van der Waals surface area contributed by atoms with Crippen LogP contribution in [-0.2, 0) is 6.42 Å². The molecule has 2 aromatic carbocycles. The Bertz CT molecular complexity index is 690. The normalized spacial score (nSPS) is 16.9. The summed E-state index contributed by atoms with van der Waals surface area (Å²) in [4.78, 5) is 0. The van der Waals surface area contributed by atoms with Gasteiger partial charge in [0.05, 0.1) is 17.3 Å². The van der Waals surface area contributed by atoms with Crippen LogP contribution < -0.4 is 10.1 Å². The Morgan fingerprint density at radius 2 is 2.05 bits per heavy atom. The van der Waals surface area contributed by atoms with Crippen LogP contribution in [-0.4, -0.2) is 6.54 Å². The van der Waals surface area contributed by atoms with Gasteiger partial charge >= 0.3 is 0 Å². The van der Waals surface area contributed by atoms with Crippen LogP contribution in [0.25, 0.3) is 0 Å².